The number of hydrogen-bond donors (Lipinski definition) is 1. The summed E-state index contributed by atoms with van der Waals surface area (Å²) in [7, 11) is -1.34. The number of carbonyl (C=O) groups excluding carboxylic acids is 1. The summed E-state index contributed by atoms with van der Waals surface area (Å²) < 4.78 is 26.8. The summed E-state index contributed by atoms with van der Waals surface area (Å²) in [5.41, 5.74) is 2.49. The molecule has 0 radical (unpaired) electrons. The van der Waals surface area contributed by atoms with E-state index >= 15 is 0 Å². The van der Waals surface area contributed by atoms with Crippen LogP contribution < -0.4 is 5.32 Å². The Hall–Kier alpha value is -2.22. The lowest BCUT2D eigenvalue weighted by Crippen LogP contribution is -2.47. The van der Waals surface area contributed by atoms with Crippen LogP contribution >= 0.6 is 0 Å². The van der Waals surface area contributed by atoms with Crippen molar-refractivity contribution >= 4 is 15.9 Å². The van der Waals surface area contributed by atoms with Crippen molar-refractivity contribution in [1.29, 1.82) is 0 Å². The van der Waals surface area contributed by atoms with Crippen LogP contribution in [0.3, 0.4) is 0 Å². The van der Waals surface area contributed by atoms with Crippen LogP contribution in [-0.4, -0.2) is 62.8 Å². The molecule has 1 aliphatic heterocycles. The molecule has 0 bridgehead atoms. The van der Waals surface area contributed by atoms with Crippen LogP contribution in [0.1, 0.15) is 34.8 Å². The maximum atomic E-state index is 12.6. The molecule has 0 spiro atoms. The molecule has 1 saturated heterocycles. The van der Waals surface area contributed by atoms with Gasteiger partial charge in [-0.05, 0) is 50.1 Å². The third-order valence-electron chi connectivity index (χ3n) is 5.51. The van der Waals surface area contributed by atoms with Gasteiger partial charge in [0, 0.05) is 37.8 Å². The second-order valence-corrected chi connectivity index (χ2v) is 10.0. The largest absolute Gasteiger partial charge is 0.350 e. The number of aryl methyl sites for hydroxylation is 1. The first kappa shape index (κ1) is 22.5. The van der Waals surface area contributed by atoms with Crippen LogP contribution in [0.5, 0.6) is 0 Å². The predicted octanol–water partition coefficient (Wildman–Crippen LogP) is 2.51. The second kappa shape index (κ2) is 10.2. The van der Waals surface area contributed by atoms with Gasteiger partial charge in [-0.25, -0.2) is 8.42 Å². The number of likely N-dealkylation sites (N-methyl/N-ethyl adjacent to an activating group) is 1. The van der Waals surface area contributed by atoms with Crippen molar-refractivity contribution in [1.82, 2.24) is 14.5 Å². The van der Waals surface area contributed by atoms with E-state index < -0.39 is 10.0 Å². The molecule has 0 aromatic heterocycles. The van der Waals surface area contributed by atoms with Gasteiger partial charge in [-0.1, -0.05) is 42.5 Å². The average molecular weight is 430 g/mol. The first-order valence-electron chi connectivity index (χ1n) is 10.4. The van der Waals surface area contributed by atoms with Crippen molar-refractivity contribution in [3.05, 3.63) is 71.3 Å². The normalized spacial score (nSPS) is 16.9. The van der Waals surface area contributed by atoms with Crippen LogP contribution in [0, 0.1) is 0 Å². The zero-order valence-corrected chi connectivity index (χ0v) is 18.6. The average Bonchev–Trinajstić information content (AvgIpc) is 2.73. The summed E-state index contributed by atoms with van der Waals surface area (Å²) in [5, 5.41) is 3.02. The van der Waals surface area contributed by atoms with Gasteiger partial charge in [0.1, 0.15) is 0 Å². The van der Waals surface area contributed by atoms with Crippen molar-refractivity contribution < 1.29 is 13.2 Å². The molecule has 1 aliphatic rings. The van der Waals surface area contributed by atoms with Gasteiger partial charge in [0.15, 0.2) is 0 Å². The Labute approximate surface area is 179 Å². The summed E-state index contributed by atoms with van der Waals surface area (Å²) in [6.07, 6.45) is 1.77. The van der Waals surface area contributed by atoms with Crippen molar-refractivity contribution in [2.45, 2.75) is 31.6 Å². The standard InChI is InChI=1S/C23H31N3O3S/c1-19(8-9-20-6-4-3-5-7-20)24-23(27)22-12-10-21(11-13-22)18-30(28,29)26-16-14-25(2)15-17-26/h3-7,10-13,19H,8-9,14-18H2,1-2H3,(H,24,27)/t19-/m0/s1. The molecule has 0 aliphatic carbocycles. The number of rotatable bonds is 8. The van der Waals surface area contributed by atoms with Gasteiger partial charge < -0.3 is 10.2 Å². The van der Waals surface area contributed by atoms with Crippen molar-refractivity contribution in [3.8, 4) is 0 Å². The molecule has 0 saturated carbocycles. The summed E-state index contributed by atoms with van der Waals surface area (Å²) in [5.74, 6) is -0.171. The van der Waals surface area contributed by atoms with E-state index in [0.717, 1.165) is 25.9 Å². The lowest BCUT2D eigenvalue weighted by molar-refractivity contribution is 0.0938. The zero-order chi connectivity index (χ0) is 21.6. The lowest BCUT2D eigenvalue weighted by atomic mass is 10.1. The smallest absolute Gasteiger partial charge is 0.251 e. The number of hydrogen-bond acceptors (Lipinski definition) is 4. The number of piperazine rings is 1. The highest BCUT2D eigenvalue weighted by molar-refractivity contribution is 7.88. The summed E-state index contributed by atoms with van der Waals surface area (Å²) >= 11 is 0. The number of nitrogens with zero attached hydrogens (tertiary/aromatic N) is 2. The monoisotopic (exact) mass is 429 g/mol. The molecule has 2 aromatic rings. The van der Waals surface area contributed by atoms with Crippen LogP contribution in [0.4, 0.5) is 0 Å². The van der Waals surface area contributed by atoms with Gasteiger partial charge in [0.05, 0.1) is 5.75 Å². The molecule has 30 heavy (non-hydrogen) atoms. The quantitative estimate of drug-likeness (QED) is 0.700. The van der Waals surface area contributed by atoms with E-state index in [0.29, 0.717) is 24.2 Å². The van der Waals surface area contributed by atoms with E-state index in [9.17, 15) is 13.2 Å². The number of benzene rings is 2. The Bertz CT molecular complexity index is 922. The zero-order valence-electron chi connectivity index (χ0n) is 17.8. The number of amides is 1. The molecular formula is C23H31N3O3S. The lowest BCUT2D eigenvalue weighted by Gasteiger charge is -2.31. The molecule has 1 atom stereocenters. The highest BCUT2D eigenvalue weighted by Gasteiger charge is 2.25. The topological polar surface area (TPSA) is 69.7 Å². The van der Waals surface area contributed by atoms with Gasteiger partial charge in [0.25, 0.3) is 5.91 Å². The first-order valence-corrected chi connectivity index (χ1v) is 12.0. The van der Waals surface area contributed by atoms with Gasteiger partial charge in [0.2, 0.25) is 10.0 Å². The predicted molar refractivity (Wildman–Crippen MR) is 120 cm³/mol. The fraction of sp³-hybridized carbons (Fsp3) is 0.435. The van der Waals surface area contributed by atoms with Crippen molar-refractivity contribution in [3.63, 3.8) is 0 Å². The third kappa shape index (κ3) is 6.39. The van der Waals surface area contributed by atoms with Crippen LogP contribution in [0.25, 0.3) is 0 Å². The first-order chi connectivity index (χ1) is 14.3. The summed E-state index contributed by atoms with van der Waals surface area (Å²) in [6.45, 7) is 4.56. The number of carbonyl (C=O) groups is 1. The van der Waals surface area contributed by atoms with Crippen molar-refractivity contribution in [2.24, 2.45) is 0 Å². The number of nitrogens with one attached hydrogen (secondary N) is 1. The van der Waals surface area contributed by atoms with E-state index in [-0.39, 0.29) is 17.7 Å². The van der Waals surface area contributed by atoms with E-state index in [2.05, 4.69) is 22.3 Å². The second-order valence-electron chi connectivity index (χ2n) is 8.05. The Balaban J connectivity index is 1.51. The summed E-state index contributed by atoms with van der Waals surface area (Å²) in [6, 6.07) is 17.1. The molecule has 1 N–H and O–H groups in total. The van der Waals surface area contributed by atoms with E-state index in [4.69, 9.17) is 0 Å². The minimum atomic E-state index is -3.34. The molecule has 2 aromatic carbocycles. The fourth-order valence-corrected chi connectivity index (χ4v) is 5.04. The van der Waals surface area contributed by atoms with Gasteiger partial charge in [-0.3, -0.25) is 4.79 Å². The molecular weight excluding hydrogens is 398 g/mol. The van der Waals surface area contributed by atoms with Crippen LogP contribution in [-0.2, 0) is 22.2 Å². The van der Waals surface area contributed by atoms with E-state index in [1.54, 1.807) is 28.6 Å². The van der Waals surface area contributed by atoms with Crippen LogP contribution in [0.2, 0.25) is 0 Å². The van der Waals surface area contributed by atoms with Gasteiger partial charge >= 0.3 is 0 Å². The molecule has 1 heterocycles. The third-order valence-corrected chi connectivity index (χ3v) is 7.36. The highest BCUT2D eigenvalue weighted by atomic mass is 32.2. The summed E-state index contributed by atoms with van der Waals surface area (Å²) in [4.78, 5) is 14.6. The molecule has 6 nitrogen and oxygen atoms in total. The molecule has 1 amide bonds. The highest BCUT2D eigenvalue weighted by Crippen LogP contribution is 2.14. The Morgan fingerprint density at radius 1 is 0.967 bits per heavy atom. The Morgan fingerprint density at radius 3 is 2.23 bits per heavy atom. The minimum absolute atomic E-state index is 0.0356. The van der Waals surface area contributed by atoms with Gasteiger partial charge in [-0.2, -0.15) is 4.31 Å². The molecule has 7 heteroatoms. The maximum absolute atomic E-state index is 12.6. The fourth-order valence-electron chi connectivity index (χ4n) is 3.53. The Morgan fingerprint density at radius 2 is 1.60 bits per heavy atom. The van der Waals surface area contributed by atoms with E-state index in [1.165, 1.54) is 5.56 Å². The van der Waals surface area contributed by atoms with Crippen LogP contribution in [0.15, 0.2) is 54.6 Å². The molecule has 162 valence electrons. The van der Waals surface area contributed by atoms with Gasteiger partial charge in [-0.15, -0.1) is 0 Å². The van der Waals surface area contributed by atoms with E-state index in [1.807, 2.05) is 32.2 Å². The maximum Gasteiger partial charge on any atom is 0.251 e. The molecule has 0 unspecified atom stereocenters. The van der Waals surface area contributed by atoms with Crippen molar-refractivity contribution in [2.75, 3.05) is 33.2 Å². The Kier molecular flexibility index (Phi) is 7.64. The SMILES string of the molecule is C[C@@H](CCc1ccccc1)NC(=O)c1ccc(CS(=O)(=O)N2CCN(C)CC2)cc1. The molecule has 1 fully saturated rings. The molecule has 3 rings (SSSR count). The minimum Gasteiger partial charge on any atom is -0.350 e. The number of sulfonamides is 1.